The number of nitrogens with zero attached hydrogens (tertiary/aromatic N) is 2. The summed E-state index contributed by atoms with van der Waals surface area (Å²) in [6, 6.07) is 4.60. The molecule has 19 heavy (non-hydrogen) atoms. The molecule has 0 aliphatic heterocycles. The Morgan fingerprint density at radius 1 is 1.53 bits per heavy atom. The highest BCUT2D eigenvalue weighted by atomic mass is 127. The SMILES string of the molecule is N#Cc1cc(I)c(O[C@@H]2CCC[C@H]2O)c([N+](=O)[O-])c1. The number of nitro groups is 1. The van der Waals surface area contributed by atoms with Crippen LogP contribution >= 0.6 is 22.6 Å². The van der Waals surface area contributed by atoms with Gasteiger partial charge in [-0.1, -0.05) is 0 Å². The number of rotatable bonds is 3. The highest BCUT2D eigenvalue weighted by Gasteiger charge is 2.30. The summed E-state index contributed by atoms with van der Waals surface area (Å²) in [5.74, 6) is 0.135. The number of hydrogen-bond donors (Lipinski definition) is 1. The van der Waals surface area contributed by atoms with Crippen molar-refractivity contribution in [3.63, 3.8) is 0 Å². The Morgan fingerprint density at radius 2 is 2.26 bits per heavy atom. The van der Waals surface area contributed by atoms with E-state index in [0.717, 1.165) is 6.42 Å². The number of ether oxygens (including phenoxy) is 1. The molecule has 0 heterocycles. The molecule has 1 aliphatic rings. The van der Waals surface area contributed by atoms with E-state index in [0.29, 0.717) is 16.4 Å². The molecule has 1 aliphatic carbocycles. The Labute approximate surface area is 123 Å². The number of nitriles is 1. The predicted molar refractivity (Wildman–Crippen MR) is 74.8 cm³/mol. The maximum Gasteiger partial charge on any atom is 0.313 e. The third kappa shape index (κ3) is 2.96. The fourth-order valence-corrected chi connectivity index (χ4v) is 2.83. The van der Waals surface area contributed by atoms with Gasteiger partial charge in [0.1, 0.15) is 6.10 Å². The molecule has 0 bridgehead atoms. The van der Waals surface area contributed by atoms with Gasteiger partial charge in [-0.05, 0) is 47.9 Å². The monoisotopic (exact) mass is 374 g/mol. The second-order valence-corrected chi connectivity index (χ2v) is 5.49. The van der Waals surface area contributed by atoms with Crippen LogP contribution in [0.3, 0.4) is 0 Å². The van der Waals surface area contributed by atoms with Crippen LogP contribution in [-0.4, -0.2) is 22.2 Å². The van der Waals surface area contributed by atoms with E-state index in [2.05, 4.69) is 0 Å². The zero-order chi connectivity index (χ0) is 14.0. The molecule has 0 saturated heterocycles. The second-order valence-electron chi connectivity index (χ2n) is 4.33. The fraction of sp³-hybridized carbons (Fsp3) is 0.417. The Hall–Kier alpha value is -1.40. The molecule has 1 N–H and O–H groups in total. The number of halogens is 1. The molecule has 1 fully saturated rings. The van der Waals surface area contributed by atoms with Gasteiger partial charge < -0.3 is 9.84 Å². The predicted octanol–water partition coefficient (Wildman–Crippen LogP) is 2.36. The third-order valence-corrected chi connectivity index (χ3v) is 3.84. The van der Waals surface area contributed by atoms with Crippen LogP contribution in [0.2, 0.25) is 0 Å². The van der Waals surface area contributed by atoms with Gasteiger partial charge in [0.15, 0.2) is 0 Å². The van der Waals surface area contributed by atoms with Crippen LogP contribution in [0.25, 0.3) is 0 Å². The van der Waals surface area contributed by atoms with Crippen molar-refractivity contribution < 1.29 is 14.8 Å². The van der Waals surface area contributed by atoms with Gasteiger partial charge in [-0.3, -0.25) is 10.1 Å². The highest BCUT2D eigenvalue weighted by Crippen LogP contribution is 2.36. The summed E-state index contributed by atoms with van der Waals surface area (Å²) in [5, 5.41) is 29.6. The van der Waals surface area contributed by atoms with Crippen LogP contribution < -0.4 is 4.74 Å². The van der Waals surface area contributed by atoms with Crippen LogP contribution in [0.5, 0.6) is 5.75 Å². The maximum absolute atomic E-state index is 11.0. The Kier molecular flexibility index (Phi) is 4.21. The molecule has 0 unspecified atom stereocenters. The molecule has 6 nitrogen and oxygen atoms in total. The first-order chi connectivity index (χ1) is 9.02. The normalized spacial score (nSPS) is 21.9. The minimum Gasteiger partial charge on any atom is -0.480 e. The summed E-state index contributed by atoms with van der Waals surface area (Å²) < 4.78 is 6.10. The molecule has 0 spiro atoms. The standard InChI is InChI=1S/C12H11IN2O4/c13-8-4-7(6-14)5-9(15(17)18)12(8)19-11-3-1-2-10(11)16/h4-5,10-11,16H,1-3H2/t10-,11-/m1/s1. The van der Waals surface area contributed by atoms with Crippen molar-refractivity contribution in [3.05, 3.63) is 31.4 Å². The molecule has 2 atom stereocenters. The van der Waals surface area contributed by atoms with Gasteiger partial charge in [-0.15, -0.1) is 0 Å². The van der Waals surface area contributed by atoms with E-state index < -0.39 is 17.1 Å². The summed E-state index contributed by atoms with van der Waals surface area (Å²) in [5.41, 5.74) is -0.0158. The number of nitro benzene ring substituents is 1. The molecular weight excluding hydrogens is 363 g/mol. The van der Waals surface area contributed by atoms with E-state index in [1.54, 1.807) is 0 Å². The summed E-state index contributed by atoms with van der Waals surface area (Å²) in [6.07, 6.45) is 1.15. The van der Waals surface area contributed by atoms with Crippen molar-refractivity contribution in [3.8, 4) is 11.8 Å². The van der Waals surface area contributed by atoms with Gasteiger partial charge in [0.25, 0.3) is 0 Å². The van der Waals surface area contributed by atoms with Gasteiger partial charge in [-0.25, -0.2) is 0 Å². The van der Waals surface area contributed by atoms with E-state index in [-0.39, 0.29) is 17.0 Å². The van der Waals surface area contributed by atoms with Gasteiger partial charge in [0.05, 0.1) is 26.2 Å². The minimum atomic E-state index is -0.592. The number of hydrogen-bond acceptors (Lipinski definition) is 5. The van der Waals surface area contributed by atoms with Crippen LogP contribution in [-0.2, 0) is 0 Å². The van der Waals surface area contributed by atoms with Crippen LogP contribution in [0.1, 0.15) is 24.8 Å². The smallest absolute Gasteiger partial charge is 0.313 e. The van der Waals surface area contributed by atoms with Crippen molar-refractivity contribution >= 4 is 28.3 Å². The van der Waals surface area contributed by atoms with Crippen LogP contribution in [0.4, 0.5) is 5.69 Å². The number of aliphatic hydroxyl groups excluding tert-OH is 1. The second kappa shape index (κ2) is 5.71. The lowest BCUT2D eigenvalue weighted by atomic mass is 10.2. The molecule has 1 saturated carbocycles. The zero-order valence-corrected chi connectivity index (χ0v) is 12.0. The Morgan fingerprint density at radius 3 is 2.79 bits per heavy atom. The average molecular weight is 374 g/mol. The zero-order valence-electron chi connectivity index (χ0n) is 9.88. The van der Waals surface area contributed by atoms with E-state index in [1.807, 2.05) is 28.7 Å². The summed E-state index contributed by atoms with van der Waals surface area (Å²) >= 11 is 1.90. The van der Waals surface area contributed by atoms with E-state index in [4.69, 9.17) is 10.00 Å². The van der Waals surface area contributed by atoms with Crippen LogP contribution in [0, 0.1) is 25.0 Å². The van der Waals surface area contributed by atoms with E-state index in [1.165, 1.54) is 12.1 Å². The summed E-state index contributed by atoms with van der Waals surface area (Å²) in [7, 11) is 0. The number of benzene rings is 1. The lowest BCUT2D eigenvalue weighted by molar-refractivity contribution is -0.386. The molecule has 1 aromatic rings. The Bertz CT molecular complexity index is 555. The Balaban J connectivity index is 2.38. The molecule has 7 heteroatoms. The first-order valence-electron chi connectivity index (χ1n) is 5.75. The summed E-state index contributed by atoms with van der Waals surface area (Å²) in [6.45, 7) is 0. The first-order valence-corrected chi connectivity index (χ1v) is 6.83. The number of aliphatic hydroxyl groups is 1. The molecule has 0 aromatic heterocycles. The largest absolute Gasteiger partial charge is 0.480 e. The van der Waals surface area contributed by atoms with Crippen molar-refractivity contribution in [2.24, 2.45) is 0 Å². The van der Waals surface area contributed by atoms with E-state index >= 15 is 0 Å². The highest BCUT2D eigenvalue weighted by molar-refractivity contribution is 14.1. The molecule has 1 aromatic carbocycles. The van der Waals surface area contributed by atoms with Crippen molar-refractivity contribution in [2.45, 2.75) is 31.5 Å². The quantitative estimate of drug-likeness (QED) is 0.498. The average Bonchev–Trinajstić information content (AvgIpc) is 2.76. The van der Waals surface area contributed by atoms with Gasteiger partial charge in [0, 0.05) is 6.07 Å². The lowest BCUT2D eigenvalue weighted by Crippen LogP contribution is -2.26. The molecule has 0 amide bonds. The maximum atomic E-state index is 11.0. The van der Waals surface area contributed by atoms with Gasteiger partial charge in [0.2, 0.25) is 5.75 Å². The van der Waals surface area contributed by atoms with Crippen molar-refractivity contribution in [1.29, 1.82) is 5.26 Å². The summed E-state index contributed by atoms with van der Waals surface area (Å²) in [4.78, 5) is 10.5. The molecule has 0 radical (unpaired) electrons. The van der Waals surface area contributed by atoms with Gasteiger partial charge in [-0.2, -0.15) is 5.26 Å². The first kappa shape index (κ1) is 14.0. The fourth-order valence-electron chi connectivity index (χ4n) is 2.09. The minimum absolute atomic E-state index is 0.135. The van der Waals surface area contributed by atoms with Crippen molar-refractivity contribution in [2.75, 3.05) is 0 Å². The van der Waals surface area contributed by atoms with Crippen LogP contribution in [0.15, 0.2) is 12.1 Å². The van der Waals surface area contributed by atoms with Gasteiger partial charge >= 0.3 is 5.69 Å². The molecule has 100 valence electrons. The lowest BCUT2D eigenvalue weighted by Gasteiger charge is -2.18. The molecule has 2 rings (SSSR count). The van der Waals surface area contributed by atoms with Crippen molar-refractivity contribution in [1.82, 2.24) is 0 Å². The third-order valence-electron chi connectivity index (χ3n) is 3.04. The molecular formula is C12H11IN2O4. The van der Waals surface area contributed by atoms with E-state index in [9.17, 15) is 15.2 Å². The topological polar surface area (TPSA) is 96.4 Å².